The van der Waals surface area contributed by atoms with Gasteiger partial charge in [0.25, 0.3) is 8.53 Å². The number of benzene rings is 5. The maximum atomic E-state index is 11.5. The molecule has 0 bridgehead atoms. The van der Waals surface area contributed by atoms with Crippen LogP contribution in [0.4, 0.5) is 0 Å². The Hall–Kier alpha value is -9.29. The van der Waals surface area contributed by atoms with E-state index in [1.165, 1.54) is 43.5 Å². The second-order valence-corrected chi connectivity index (χ2v) is 22.6. The predicted molar refractivity (Wildman–Crippen MR) is 349 cm³/mol. The molecule has 1 fully saturated rings. The van der Waals surface area contributed by atoms with Gasteiger partial charge in [-0.05, 0) is 119 Å². The maximum absolute atomic E-state index is 11.5. The number of ether oxygens (including phenoxy) is 7. The molecule has 94 heavy (non-hydrogen) atoms. The lowest BCUT2D eigenvalue weighted by Gasteiger charge is -2.37. The summed E-state index contributed by atoms with van der Waals surface area (Å²) in [5.41, 5.74) is 0.293. The molecular weight excluding hydrogens is 1240 g/mol. The predicted octanol–water partition coefficient (Wildman–Crippen LogP) is 9.25. The molecule has 0 spiro atoms. The highest BCUT2D eigenvalue weighted by molar-refractivity contribution is 7.44. The zero-order valence-corrected chi connectivity index (χ0v) is 53.3. The van der Waals surface area contributed by atoms with E-state index < -0.39 is 49.3 Å². The van der Waals surface area contributed by atoms with Crippen LogP contribution in [0.25, 0.3) is 54.8 Å². The van der Waals surface area contributed by atoms with E-state index in [1.807, 2.05) is 24.3 Å². The van der Waals surface area contributed by atoms with Gasteiger partial charge in [0.05, 0.1) is 45.5 Å². The van der Waals surface area contributed by atoms with Crippen LogP contribution in [0.3, 0.4) is 0 Å². The number of rotatable bonds is 25. The number of aromatic hydroxyl groups is 1. The molecular formula is C68H73N2O23P. The molecule has 1 aliphatic heterocycles. The standard InChI is InChI=1S/C22H31N2O6P.C13H14O5.C12H12O5.C12H10O4.C9H6O3/c1-16(2)24(17(3)4)31(28-12-6-11-23)30-20(14-26-5)15-27-19-9-7-18-8-10-22(25)29-21(18)13-19;1-16-7-10(14)8-17-11-4-2-9-3-5-13(15)18-12(9)6-11;13-6-9(14)7-16-10-3-1-8-2-4-12(15)17-11(8)5-10;13-12-4-2-8-1-3-9(5-11(8)16-12)14-6-10-7-15-10;10-7-3-1-6-2-4-9(11)12-8(6)5-7/h7-10,13,16-17,20H,6,12,14-15H2,1-5H3;2-6,10,14H,7-8H2,1H3;1-5,9,13-14H,6-7H2;1-5,10H,6-7H2;1-5,10H. The van der Waals surface area contributed by atoms with Crippen molar-refractivity contribution in [3.8, 4) is 34.8 Å². The third-order valence-electron chi connectivity index (χ3n) is 13.0. The van der Waals surface area contributed by atoms with Gasteiger partial charge in [0.15, 0.2) is 0 Å². The number of methoxy groups -OCH3 is 2. The van der Waals surface area contributed by atoms with Crippen LogP contribution in [0.15, 0.2) is 198 Å². The molecule has 5 atom stereocenters. The molecule has 1 saturated heterocycles. The summed E-state index contributed by atoms with van der Waals surface area (Å²) in [7, 11) is 1.69. The van der Waals surface area contributed by atoms with E-state index in [0.717, 1.165) is 33.5 Å². The fraction of sp³-hybridized carbons (Fsp3) is 0.324. The number of nitriles is 1. The highest BCUT2D eigenvalue weighted by Gasteiger charge is 2.30. The van der Waals surface area contributed by atoms with E-state index in [4.69, 9.17) is 84.9 Å². The fourth-order valence-electron chi connectivity index (χ4n) is 8.51. The lowest BCUT2D eigenvalue weighted by Crippen LogP contribution is -2.36. The average molecular weight is 1320 g/mol. The number of hydrogen-bond acceptors (Lipinski definition) is 25. The van der Waals surface area contributed by atoms with Crippen molar-refractivity contribution in [2.45, 2.75) is 70.6 Å². The molecule has 5 aromatic heterocycles. The molecule has 1 aliphatic rings. The van der Waals surface area contributed by atoms with Gasteiger partial charge in [0, 0.05) is 114 Å². The van der Waals surface area contributed by atoms with Gasteiger partial charge >= 0.3 is 28.1 Å². The highest BCUT2D eigenvalue weighted by Crippen LogP contribution is 2.47. The van der Waals surface area contributed by atoms with E-state index in [1.54, 1.807) is 98.1 Å². The second-order valence-electron chi connectivity index (χ2n) is 21.2. The van der Waals surface area contributed by atoms with Crippen LogP contribution in [0.5, 0.6) is 28.7 Å². The van der Waals surface area contributed by atoms with Crippen LogP contribution in [-0.4, -0.2) is 135 Å². The molecule has 25 nitrogen and oxygen atoms in total. The van der Waals surface area contributed by atoms with Crippen molar-refractivity contribution in [1.29, 1.82) is 5.26 Å². The number of hydrogen-bond donors (Lipinski definition) is 4. The number of aliphatic hydroxyl groups excluding tert-OH is 3. The summed E-state index contributed by atoms with van der Waals surface area (Å²) in [4.78, 5) is 55.4. The van der Waals surface area contributed by atoms with Gasteiger partial charge in [-0.15, -0.1) is 0 Å². The zero-order chi connectivity index (χ0) is 67.5. The number of aliphatic hydroxyl groups is 3. The summed E-state index contributed by atoms with van der Waals surface area (Å²) >= 11 is 0. The summed E-state index contributed by atoms with van der Waals surface area (Å²) in [5, 5.41) is 49.2. The lowest BCUT2D eigenvalue weighted by atomic mass is 10.2. The van der Waals surface area contributed by atoms with E-state index in [-0.39, 0.29) is 62.6 Å². The van der Waals surface area contributed by atoms with Crippen molar-refractivity contribution in [3.05, 3.63) is 204 Å². The summed E-state index contributed by atoms with van der Waals surface area (Å²) in [6.45, 7) is 10.4. The van der Waals surface area contributed by atoms with Crippen molar-refractivity contribution in [1.82, 2.24) is 4.67 Å². The second kappa shape index (κ2) is 36.8. The van der Waals surface area contributed by atoms with Crippen LogP contribution < -0.4 is 47.1 Å². The number of phenols is 1. The Bertz CT molecular complexity index is 4360. The molecule has 0 radical (unpaired) electrons. The van der Waals surface area contributed by atoms with E-state index in [2.05, 4.69) is 38.4 Å². The van der Waals surface area contributed by atoms with Crippen LogP contribution in [-0.2, 0) is 23.3 Å². The number of fused-ring (bicyclic) bond motifs is 5. The first-order chi connectivity index (χ1) is 45.3. The number of epoxide rings is 1. The quantitative estimate of drug-likeness (QED) is 0.0179. The van der Waals surface area contributed by atoms with Crippen molar-refractivity contribution in [2.75, 3.05) is 73.7 Å². The Labute approximate surface area is 538 Å². The minimum absolute atomic E-state index is 0.0148. The summed E-state index contributed by atoms with van der Waals surface area (Å²) in [6, 6.07) is 43.4. The Morgan fingerprint density at radius 2 is 0.872 bits per heavy atom. The van der Waals surface area contributed by atoms with E-state index >= 15 is 0 Å². The largest absolute Gasteiger partial charge is 0.508 e. The van der Waals surface area contributed by atoms with Gasteiger partial charge in [-0.2, -0.15) is 5.26 Å². The van der Waals surface area contributed by atoms with Crippen molar-refractivity contribution < 1.29 is 84.7 Å². The van der Waals surface area contributed by atoms with Crippen LogP contribution in [0.1, 0.15) is 34.1 Å². The molecule has 5 unspecified atom stereocenters. The third-order valence-corrected chi connectivity index (χ3v) is 15.2. The molecule has 0 aliphatic carbocycles. The van der Waals surface area contributed by atoms with Crippen molar-refractivity contribution in [3.63, 3.8) is 0 Å². The molecule has 6 heterocycles. The maximum Gasteiger partial charge on any atom is 0.336 e. The van der Waals surface area contributed by atoms with Crippen molar-refractivity contribution >= 4 is 63.4 Å². The first-order valence-electron chi connectivity index (χ1n) is 29.5. The minimum atomic E-state index is -1.42. The molecule has 4 N–H and O–H groups in total. The van der Waals surface area contributed by atoms with E-state index in [9.17, 15) is 29.1 Å². The van der Waals surface area contributed by atoms with Gasteiger partial charge in [0.1, 0.15) is 108 Å². The normalized spacial score (nSPS) is 13.7. The summed E-state index contributed by atoms with van der Waals surface area (Å²) in [6.07, 6.45) is -1.49. The smallest absolute Gasteiger partial charge is 0.336 e. The minimum Gasteiger partial charge on any atom is -0.508 e. The Kier molecular flexibility index (Phi) is 28.3. The number of phenolic OH excluding ortho intramolecular Hbond substituents is 1. The molecule has 0 saturated carbocycles. The zero-order valence-electron chi connectivity index (χ0n) is 52.4. The third kappa shape index (κ3) is 23.7. The van der Waals surface area contributed by atoms with E-state index in [0.29, 0.717) is 77.2 Å². The molecule has 0 amide bonds. The topological polar surface area (TPSA) is 345 Å². The Balaban J connectivity index is 0.000000173. The molecule has 498 valence electrons. The van der Waals surface area contributed by atoms with Gasteiger partial charge in [-0.3, -0.25) is 0 Å². The van der Waals surface area contributed by atoms with Crippen molar-refractivity contribution in [2.24, 2.45) is 0 Å². The molecule has 26 heteroatoms. The Morgan fingerprint density at radius 3 is 1.24 bits per heavy atom. The lowest BCUT2D eigenvalue weighted by molar-refractivity contribution is 0.0325. The van der Waals surface area contributed by atoms with Gasteiger partial charge < -0.3 is 84.7 Å². The summed E-state index contributed by atoms with van der Waals surface area (Å²) in [5.74, 6) is 2.35. The summed E-state index contributed by atoms with van der Waals surface area (Å²) < 4.78 is 76.7. The van der Waals surface area contributed by atoms with Crippen LogP contribution >= 0.6 is 8.53 Å². The SMILES string of the molecule is COCC(COc1ccc2ccc(=O)oc2c1)OP(OCCC#N)N(C(C)C)C(C)C.COCC(O)COc1ccc2ccc(=O)oc2c1.O=c1ccc2ccc(O)cc2o1.O=c1ccc2ccc(OCC(O)CO)cc2o1.O=c1ccc2ccc(OCC3CO3)cc2o1. The molecule has 5 aromatic carbocycles. The van der Waals surface area contributed by atoms with Crippen LogP contribution in [0, 0.1) is 11.3 Å². The van der Waals surface area contributed by atoms with Gasteiger partial charge in [-0.1, -0.05) is 0 Å². The number of nitrogens with zero attached hydrogens (tertiary/aromatic N) is 2. The monoisotopic (exact) mass is 1320 g/mol. The van der Waals surface area contributed by atoms with Gasteiger partial charge in [0.2, 0.25) is 0 Å². The molecule has 11 rings (SSSR count). The van der Waals surface area contributed by atoms with Crippen LogP contribution in [0.2, 0.25) is 0 Å². The highest BCUT2D eigenvalue weighted by atomic mass is 31.2. The molecule has 10 aromatic rings. The first-order valence-corrected chi connectivity index (χ1v) is 30.6. The Morgan fingerprint density at radius 1 is 0.511 bits per heavy atom. The fourth-order valence-corrected chi connectivity index (χ4v) is 10.2. The van der Waals surface area contributed by atoms with Gasteiger partial charge in [-0.25, -0.2) is 28.6 Å². The average Bonchev–Trinajstić information content (AvgIpc) is 1.16. The first kappa shape index (κ1) is 72.1.